The molecule has 0 aliphatic heterocycles. The lowest BCUT2D eigenvalue weighted by Crippen LogP contribution is -2.37. The van der Waals surface area contributed by atoms with Gasteiger partial charge in [0.15, 0.2) is 5.65 Å². The number of aromatic nitrogens is 3. The second-order valence-electron chi connectivity index (χ2n) is 6.35. The van der Waals surface area contributed by atoms with E-state index in [1.54, 1.807) is 24.4 Å². The van der Waals surface area contributed by atoms with Gasteiger partial charge in [0.2, 0.25) is 0 Å². The van der Waals surface area contributed by atoms with E-state index in [-0.39, 0.29) is 5.82 Å². The quantitative estimate of drug-likeness (QED) is 0.807. The van der Waals surface area contributed by atoms with Gasteiger partial charge in [-0.05, 0) is 44.5 Å². The van der Waals surface area contributed by atoms with Gasteiger partial charge in [-0.2, -0.15) is 0 Å². The van der Waals surface area contributed by atoms with E-state index < -0.39 is 5.54 Å². The summed E-state index contributed by atoms with van der Waals surface area (Å²) in [4.78, 5) is 9.06. The average Bonchev–Trinajstić information content (AvgIpc) is 2.75. The molecule has 1 aromatic carbocycles. The van der Waals surface area contributed by atoms with Gasteiger partial charge in [-0.1, -0.05) is 12.1 Å². The standard InChI is InChI=1S/C17H19FN4/c1-11-8-14-16(20-9-11)22(10-17(2,3)19)15(21-14)12-6-4-5-7-13(12)18/h4-9H,10,19H2,1-3H3. The molecule has 2 heterocycles. The van der Waals surface area contributed by atoms with Gasteiger partial charge in [-0.15, -0.1) is 0 Å². The van der Waals surface area contributed by atoms with Crippen LogP contribution in [0.15, 0.2) is 36.5 Å². The van der Waals surface area contributed by atoms with Crippen LogP contribution in [0.3, 0.4) is 0 Å². The lowest BCUT2D eigenvalue weighted by molar-refractivity contribution is 0.441. The van der Waals surface area contributed by atoms with Crippen molar-refractivity contribution < 1.29 is 4.39 Å². The molecule has 22 heavy (non-hydrogen) atoms. The van der Waals surface area contributed by atoms with Crippen molar-refractivity contribution in [2.24, 2.45) is 5.73 Å². The number of halogens is 1. The zero-order valence-electron chi connectivity index (χ0n) is 13.0. The molecule has 3 aromatic rings. The van der Waals surface area contributed by atoms with Crippen molar-refractivity contribution in [3.05, 3.63) is 47.9 Å². The minimum atomic E-state index is -0.458. The van der Waals surface area contributed by atoms with Gasteiger partial charge >= 0.3 is 0 Å². The highest BCUT2D eigenvalue weighted by Crippen LogP contribution is 2.27. The number of pyridine rings is 1. The highest BCUT2D eigenvalue weighted by molar-refractivity contribution is 5.77. The van der Waals surface area contributed by atoms with Crippen molar-refractivity contribution >= 4 is 11.2 Å². The second-order valence-corrected chi connectivity index (χ2v) is 6.35. The van der Waals surface area contributed by atoms with E-state index in [2.05, 4.69) is 9.97 Å². The van der Waals surface area contributed by atoms with Gasteiger partial charge in [0.1, 0.15) is 17.2 Å². The van der Waals surface area contributed by atoms with E-state index in [9.17, 15) is 4.39 Å². The smallest absolute Gasteiger partial charge is 0.160 e. The number of hydrogen-bond donors (Lipinski definition) is 1. The fourth-order valence-corrected chi connectivity index (χ4v) is 2.52. The summed E-state index contributed by atoms with van der Waals surface area (Å²) in [5.74, 6) is 0.260. The molecule has 0 aliphatic rings. The Morgan fingerprint density at radius 2 is 2.00 bits per heavy atom. The van der Waals surface area contributed by atoms with Crippen LogP contribution in [0.1, 0.15) is 19.4 Å². The van der Waals surface area contributed by atoms with Crippen molar-refractivity contribution in [2.75, 3.05) is 0 Å². The predicted octanol–water partition coefficient (Wildman–Crippen LogP) is 3.28. The van der Waals surface area contributed by atoms with Gasteiger partial charge in [0.25, 0.3) is 0 Å². The van der Waals surface area contributed by atoms with Crippen molar-refractivity contribution in [2.45, 2.75) is 32.9 Å². The van der Waals surface area contributed by atoms with Crippen LogP contribution in [0.25, 0.3) is 22.6 Å². The Hall–Kier alpha value is -2.27. The number of imidazole rings is 1. The van der Waals surface area contributed by atoms with Crippen LogP contribution in [0.2, 0.25) is 0 Å². The molecule has 0 saturated heterocycles. The van der Waals surface area contributed by atoms with Gasteiger partial charge in [0.05, 0.1) is 5.56 Å². The number of benzene rings is 1. The van der Waals surface area contributed by atoms with Gasteiger partial charge < -0.3 is 10.3 Å². The Morgan fingerprint density at radius 1 is 1.27 bits per heavy atom. The number of nitrogens with two attached hydrogens (primary N) is 1. The van der Waals surface area contributed by atoms with E-state index in [4.69, 9.17) is 5.73 Å². The summed E-state index contributed by atoms with van der Waals surface area (Å²) in [7, 11) is 0. The Morgan fingerprint density at radius 3 is 2.68 bits per heavy atom. The van der Waals surface area contributed by atoms with E-state index >= 15 is 0 Å². The molecule has 5 heteroatoms. The molecular formula is C17H19FN4. The average molecular weight is 298 g/mol. The molecule has 3 rings (SSSR count). The molecule has 0 bridgehead atoms. The topological polar surface area (TPSA) is 56.7 Å². The third-order valence-electron chi connectivity index (χ3n) is 3.40. The van der Waals surface area contributed by atoms with Gasteiger partial charge in [-0.25, -0.2) is 14.4 Å². The first-order chi connectivity index (χ1) is 10.3. The lowest BCUT2D eigenvalue weighted by Gasteiger charge is -2.21. The molecule has 0 fully saturated rings. The van der Waals surface area contributed by atoms with Crippen LogP contribution in [0, 0.1) is 12.7 Å². The molecule has 0 spiro atoms. The van der Waals surface area contributed by atoms with Crippen LogP contribution >= 0.6 is 0 Å². The molecular weight excluding hydrogens is 279 g/mol. The maximum atomic E-state index is 14.2. The summed E-state index contributed by atoms with van der Waals surface area (Å²) in [6, 6.07) is 8.58. The Kier molecular flexibility index (Phi) is 3.45. The number of hydrogen-bond acceptors (Lipinski definition) is 3. The predicted molar refractivity (Wildman–Crippen MR) is 85.9 cm³/mol. The summed E-state index contributed by atoms with van der Waals surface area (Å²) in [6.45, 7) is 6.32. The molecule has 0 unspecified atom stereocenters. The lowest BCUT2D eigenvalue weighted by atomic mass is 10.1. The highest BCUT2D eigenvalue weighted by atomic mass is 19.1. The van der Waals surface area contributed by atoms with Crippen molar-refractivity contribution in [3.63, 3.8) is 0 Å². The first-order valence-electron chi connectivity index (χ1n) is 7.22. The molecule has 2 aromatic heterocycles. The summed E-state index contributed by atoms with van der Waals surface area (Å²) in [5.41, 5.74) is 8.66. The molecule has 0 atom stereocenters. The van der Waals surface area contributed by atoms with Crippen molar-refractivity contribution in [1.82, 2.24) is 14.5 Å². The number of fused-ring (bicyclic) bond motifs is 1. The van der Waals surface area contributed by atoms with Crippen LogP contribution in [0.4, 0.5) is 4.39 Å². The zero-order valence-corrected chi connectivity index (χ0v) is 13.0. The first kappa shape index (κ1) is 14.7. The monoisotopic (exact) mass is 298 g/mol. The molecule has 2 N–H and O–H groups in total. The first-order valence-corrected chi connectivity index (χ1v) is 7.22. The van der Waals surface area contributed by atoms with Gasteiger partial charge in [-0.3, -0.25) is 0 Å². The minimum Gasteiger partial charge on any atom is -0.324 e. The van der Waals surface area contributed by atoms with E-state index in [1.165, 1.54) is 6.07 Å². The molecule has 0 saturated carbocycles. The second kappa shape index (κ2) is 5.18. The van der Waals surface area contributed by atoms with Gasteiger partial charge in [0, 0.05) is 18.3 Å². The highest BCUT2D eigenvalue weighted by Gasteiger charge is 2.21. The fraction of sp³-hybridized carbons (Fsp3) is 0.294. The van der Waals surface area contributed by atoms with E-state index in [1.807, 2.05) is 31.4 Å². The Labute approximate surface area is 128 Å². The summed E-state index contributed by atoms with van der Waals surface area (Å²) in [5, 5.41) is 0. The maximum Gasteiger partial charge on any atom is 0.160 e. The number of rotatable bonds is 3. The number of aryl methyl sites for hydroxylation is 1. The normalized spacial score (nSPS) is 12.0. The van der Waals surface area contributed by atoms with Crippen molar-refractivity contribution in [3.8, 4) is 11.4 Å². The third-order valence-corrected chi connectivity index (χ3v) is 3.40. The Bertz CT molecular complexity index is 830. The Balaban J connectivity index is 2.28. The molecule has 0 aliphatic carbocycles. The molecule has 4 nitrogen and oxygen atoms in total. The zero-order chi connectivity index (χ0) is 15.9. The summed E-state index contributed by atoms with van der Waals surface area (Å²) >= 11 is 0. The third kappa shape index (κ3) is 2.72. The maximum absolute atomic E-state index is 14.2. The fourth-order valence-electron chi connectivity index (χ4n) is 2.52. The molecule has 0 radical (unpaired) electrons. The van der Waals surface area contributed by atoms with Crippen LogP contribution < -0.4 is 5.73 Å². The SMILES string of the molecule is Cc1cnc2c(c1)nc(-c1ccccc1F)n2CC(C)(C)N. The summed E-state index contributed by atoms with van der Waals surface area (Å²) in [6.07, 6.45) is 1.79. The molecule has 114 valence electrons. The minimum absolute atomic E-state index is 0.300. The van der Waals surface area contributed by atoms with E-state index in [0.29, 0.717) is 17.9 Å². The largest absolute Gasteiger partial charge is 0.324 e. The number of nitrogens with zero attached hydrogens (tertiary/aromatic N) is 3. The molecule has 0 amide bonds. The van der Waals surface area contributed by atoms with Crippen molar-refractivity contribution in [1.29, 1.82) is 0 Å². The van der Waals surface area contributed by atoms with Crippen LogP contribution in [0.5, 0.6) is 0 Å². The van der Waals surface area contributed by atoms with Crippen LogP contribution in [-0.4, -0.2) is 20.1 Å². The summed E-state index contributed by atoms with van der Waals surface area (Å²) < 4.78 is 16.1. The van der Waals surface area contributed by atoms with Crippen LogP contribution in [-0.2, 0) is 6.54 Å². The van der Waals surface area contributed by atoms with E-state index in [0.717, 1.165) is 16.7 Å².